The van der Waals surface area contributed by atoms with Gasteiger partial charge in [-0.3, -0.25) is 9.59 Å². The van der Waals surface area contributed by atoms with Crippen molar-refractivity contribution in [2.24, 2.45) is 0 Å². The molecule has 1 aliphatic rings. The van der Waals surface area contributed by atoms with Crippen LogP contribution in [-0.4, -0.2) is 47.4 Å². The lowest BCUT2D eigenvalue weighted by Crippen LogP contribution is -2.58. The van der Waals surface area contributed by atoms with Gasteiger partial charge < -0.3 is 15.0 Å². The number of hydrogen-bond donors (Lipinski definition) is 1. The number of rotatable bonds is 4. The molecule has 0 unspecified atom stereocenters. The summed E-state index contributed by atoms with van der Waals surface area (Å²) in [4.78, 5) is 27.8. The second-order valence-corrected chi connectivity index (χ2v) is 4.60. The molecule has 0 saturated carbocycles. The number of hydrogen-bond acceptors (Lipinski definition) is 5. The molecule has 2 heterocycles. The van der Waals surface area contributed by atoms with Crippen LogP contribution in [0.25, 0.3) is 0 Å². The highest BCUT2D eigenvalue weighted by Gasteiger charge is 2.32. The molecule has 0 aromatic carbocycles. The normalized spacial score (nSPS) is 15.2. The Morgan fingerprint density at radius 2 is 2.41 bits per heavy atom. The fraction of sp³-hybridized carbons (Fsp3) is 0.500. The topological polar surface area (TPSA) is 71.5 Å². The number of carbonyl (C=O) groups excluding carboxylic acids is 2. The second kappa shape index (κ2) is 5.13. The first-order valence-electron chi connectivity index (χ1n) is 5.23. The quantitative estimate of drug-likeness (QED) is 0.813. The van der Waals surface area contributed by atoms with Crippen molar-refractivity contribution in [3.05, 3.63) is 11.6 Å². The Kier molecular flexibility index (Phi) is 3.58. The van der Waals surface area contributed by atoms with E-state index < -0.39 is 0 Å². The van der Waals surface area contributed by atoms with Gasteiger partial charge in [-0.15, -0.1) is 0 Å². The van der Waals surface area contributed by atoms with Crippen LogP contribution in [0.1, 0.15) is 6.92 Å². The summed E-state index contributed by atoms with van der Waals surface area (Å²) in [5.74, 6) is -0.284. The summed E-state index contributed by atoms with van der Waals surface area (Å²) in [7, 11) is 0. The lowest BCUT2D eigenvalue weighted by atomic mass is 10.1. The minimum Gasteiger partial charge on any atom is -0.463 e. The Bertz CT molecular complexity index is 401. The average molecular weight is 255 g/mol. The van der Waals surface area contributed by atoms with E-state index >= 15 is 0 Å². The van der Waals surface area contributed by atoms with Gasteiger partial charge in [0.15, 0.2) is 0 Å². The molecule has 6 nitrogen and oxygen atoms in total. The van der Waals surface area contributed by atoms with Gasteiger partial charge in [-0.2, -0.15) is 0 Å². The van der Waals surface area contributed by atoms with E-state index in [2.05, 4.69) is 10.3 Å². The molecule has 0 radical (unpaired) electrons. The Morgan fingerprint density at radius 1 is 1.65 bits per heavy atom. The second-order valence-electron chi connectivity index (χ2n) is 3.75. The predicted molar refractivity (Wildman–Crippen MR) is 61.8 cm³/mol. The molecular weight excluding hydrogens is 242 g/mol. The van der Waals surface area contributed by atoms with Crippen molar-refractivity contribution in [1.82, 2.24) is 15.2 Å². The smallest absolute Gasteiger partial charge is 0.273 e. The van der Waals surface area contributed by atoms with Crippen LogP contribution >= 0.6 is 11.3 Å². The van der Waals surface area contributed by atoms with E-state index in [4.69, 9.17) is 4.74 Å². The molecule has 1 aromatic heterocycles. The molecule has 1 N–H and O–H groups in total. The number of ether oxygens (including phenoxy) is 1. The van der Waals surface area contributed by atoms with Crippen molar-refractivity contribution in [3.63, 3.8) is 0 Å². The van der Waals surface area contributed by atoms with Gasteiger partial charge in [-0.05, 0) is 0 Å². The zero-order valence-corrected chi connectivity index (χ0v) is 10.2. The summed E-state index contributed by atoms with van der Waals surface area (Å²) in [6.45, 7) is 2.55. The van der Waals surface area contributed by atoms with Gasteiger partial charge in [-0.1, -0.05) is 11.3 Å². The maximum Gasteiger partial charge on any atom is 0.273 e. The molecule has 1 aliphatic heterocycles. The highest BCUT2D eigenvalue weighted by molar-refractivity contribution is 7.11. The fourth-order valence-corrected chi connectivity index (χ4v) is 1.99. The maximum absolute atomic E-state index is 11.5. The number of nitrogens with zero attached hydrogens (tertiary/aromatic N) is 2. The van der Waals surface area contributed by atoms with Crippen molar-refractivity contribution in [2.45, 2.75) is 13.0 Å². The molecule has 2 rings (SSSR count). The van der Waals surface area contributed by atoms with E-state index in [1.54, 1.807) is 11.1 Å². The third kappa shape index (κ3) is 3.16. The molecule has 17 heavy (non-hydrogen) atoms. The SMILES string of the molecule is CC(=O)NCC(=O)N1CC(Oc2nccs2)C1. The molecule has 92 valence electrons. The predicted octanol–water partition coefficient (Wildman–Crippen LogP) is -0.131. The molecule has 2 amide bonds. The van der Waals surface area contributed by atoms with Gasteiger partial charge in [-0.25, -0.2) is 4.98 Å². The lowest BCUT2D eigenvalue weighted by Gasteiger charge is -2.38. The number of amides is 2. The molecule has 1 fully saturated rings. The molecular formula is C10H13N3O3S. The number of carbonyl (C=O) groups is 2. The van der Waals surface area contributed by atoms with Crippen molar-refractivity contribution in [1.29, 1.82) is 0 Å². The standard InChI is InChI=1S/C10H13N3O3S/c1-7(14)12-4-9(15)13-5-8(6-13)16-10-11-2-3-17-10/h2-3,8H,4-6H2,1H3,(H,12,14). The third-order valence-corrected chi connectivity index (χ3v) is 3.03. The van der Waals surface area contributed by atoms with Crippen LogP contribution < -0.4 is 10.1 Å². The highest BCUT2D eigenvalue weighted by atomic mass is 32.1. The van der Waals surface area contributed by atoms with Crippen LogP contribution in [0.3, 0.4) is 0 Å². The number of nitrogens with one attached hydrogen (secondary N) is 1. The van der Waals surface area contributed by atoms with Crippen LogP contribution in [0.4, 0.5) is 0 Å². The highest BCUT2D eigenvalue weighted by Crippen LogP contribution is 2.19. The average Bonchev–Trinajstić information content (AvgIpc) is 2.72. The van der Waals surface area contributed by atoms with Gasteiger partial charge in [0.05, 0.1) is 19.6 Å². The van der Waals surface area contributed by atoms with Gasteiger partial charge in [0, 0.05) is 18.5 Å². The fourth-order valence-electron chi connectivity index (χ4n) is 1.44. The van der Waals surface area contributed by atoms with E-state index in [1.165, 1.54) is 18.3 Å². The first-order valence-corrected chi connectivity index (χ1v) is 6.11. The summed E-state index contributed by atoms with van der Waals surface area (Å²) in [6, 6.07) is 0. The Labute approximate surface area is 103 Å². The van der Waals surface area contributed by atoms with E-state index in [-0.39, 0.29) is 24.5 Å². The summed E-state index contributed by atoms with van der Waals surface area (Å²) in [6.07, 6.45) is 1.70. The van der Waals surface area contributed by atoms with Gasteiger partial charge >= 0.3 is 0 Å². The first kappa shape index (κ1) is 11.8. The van der Waals surface area contributed by atoms with Gasteiger partial charge in [0.1, 0.15) is 6.10 Å². The molecule has 7 heteroatoms. The van der Waals surface area contributed by atoms with Crippen molar-refractivity contribution >= 4 is 23.2 Å². The Balaban J connectivity index is 1.68. The Hall–Kier alpha value is -1.63. The molecule has 0 bridgehead atoms. The largest absolute Gasteiger partial charge is 0.463 e. The molecule has 0 aliphatic carbocycles. The van der Waals surface area contributed by atoms with Crippen molar-refractivity contribution in [2.75, 3.05) is 19.6 Å². The summed E-state index contributed by atoms with van der Waals surface area (Å²) in [5.41, 5.74) is 0. The number of thiazole rings is 1. The van der Waals surface area contributed by atoms with E-state index in [0.717, 1.165) is 0 Å². The van der Waals surface area contributed by atoms with Gasteiger partial charge in [0.2, 0.25) is 11.8 Å². The van der Waals surface area contributed by atoms with Crippen LogP contribution in [0, 0.1) is 0 Å². The van der Waals surface area contributed by atoms with E-state index in [9.17, 15) is 9.59 Å². The van der Waals surface area contributed by atoms with Crippen molar-refractivity contribution < 1.29 is 14.3 Å². The van der Waals surface area contributed by atoms with Crippen LogP contribution in [0.5, 0.6) is 5.19 Å². The van der Waals surface area contributed by atoms with Gasteiger partial charge in [0.25, 0.3) is 5.19 Å². The molecule has 0 atom stereocenters. The Morgan fingerprint density at radius 3 is 3.00 bits per heavy atom. The zero-order valence-electron chi connectivity index (χ0n) is 9.38. The summed E-state index contributed by atoms with van der Waals surface area (Å²) in [5, 5.41) is 4.94. The van der Waals surface area contributed by atoms with E-state index in [0.29, 0.717) is 18.3 Å². The van der Waals surface area contributed by atoms with Crippen molar-refractivity contribution in [3.8, 4) is 5.19 Å². The molecule has 1 aromatic rings. The molecule has 1 saturated heterocycles. The minimum absolute atomic E-state index is 0.0161. The van der Waals surface area contributed by atoms with Crippen LogP contribution in [0.15, 0.2) is 11.6 Å². The van der Waals surface area contributed by atoms with E-state index in [1.807, 2.05) is 5.38 Å². The lowest BCUT2D eigenvalue weighted by molar-refractivity contribution is -0.140. The third-order valence-electron chi connectivity index (χ3n) is 2.37. The number of likely N-dealkylation sites (tertiary alicyclic amines) is 1. The maximum atomic E-state index is 11.5. The minimum atomic E-state index is -0.200. The number of aromatic nitrogens is 1. The zero-order chi connectivity index (χ0) is 12.3. The van der Waals surface area contributed by atoms with Crippen LogP contribution in [-0.2, 0) is 9.59 Å². The molecule has 0 spiro atoms. The summed E-state index contributed by atoms with van der Waals surface area (Å²) < 4.78 is 5.52. The first-order chi connectivity index (χ1) is 8.15. The monoisotopic (exact) mass is 255 g/mol. The summed E-state index contributed by atoms with van der Waals surface area (Å²) >= 11 is 1.43. The van der Waals surface area contributed by atoms with Crippen LogP contribution in [0.2, 0.25) is 0 Å².